The summed E-state index contributed by atoms with van der Waals surface area (Å²) in [5.41, 5.74) is 7.01. The molecule has 1 aromatic heterocycles. The monoisotopic (exact) mass is 238 g/mol. The van der Waals surface area contributed by atoms with Crippen molar-refractivity contribution in [1.29, 1.82) is 0 Å². The molecule has 0 spiro atoms. The van der Waals surface area contributed by atoms with Crippen LogP contribution in [0.2, 0.25) is 5.02 Å². The lowest BCUT2D eigenvalue weighted by Crippen LogP contribution is -2.10. The van der Waals surface area contributed by atoms with Gasteiger partial charge in [-0.15, -0.1) is 0 Å². The van der Waals surface area contributed by atoms with E-state index in [2.05, 4.69) is 10.1 Å². The van der Waals surface area contributed by atoms with E-state index >= 15 is 0 Å². The molecule has 0 unspecified atom stereocenters. The van der Waals surface area contributed by atoms with Crippen molar-refractivity contribution in [3.8, 4) is 11.5 Å². The quantitative estimate of drug-likeness (QED) is 0.811. The van der Waals surface area contributed by atoms with E-state index in [4.69, 9.17) is 21.9 Å². The molecule has 0 radical (unpaired) electrons. The fourth-order valence-corrected chi connectivity index (χ4v) is 1.39. The molecule has 1 aromatic carbocycles. The smallest absolute Gasteiger partial charge is 0.265 e. The van der Waals surface area contributed by atoms with Crippen LogP contribution >= 0.6 is 11.6 Å². The first kappa shape index (κ1) is 10.8. The van der Waals surface area contributed by atoms with Gasteiger partial charge in [-0.05, 0) is 23.4 Å². The Labute approximate surface area is 97.8 Å². The summed E-state index contributed by atoms with van der Waals surface area (Å²) in [5, 5.41) is 4.38. The molecule has 5 nitrogen and oxygen atoms in total. The van der Waals surface area contributed by atoms with Gasteiger partial charge in [-0.3, -0.25) is 0 Å². The summed E-state index contributed by atoms with van der Waals surface area (Å²) in [7, 11) is 3.66. The average molecular weight is 239 g/mol. The van der Waals surface area contributed by atoms with Gasteiger partial charge in [0.05, 0.1) is 5.56 Å². The van der Waals surface area contributed by atoms with Gasteiger partial charge in [0.1, 0.15) is 0 Å². The Balaban J connectivity index is 2.46. The van der Waals surface area contributed by atoms with Crippen molar-refractivity contribution in [2.24, 2.45) is 0 Å². The lowest BCUT2D eigenvalue weighted by molar-refractivity contribution is 0.431. The van der Waals surface area contributed by atoms with Gasteiger partial charge in [-0.2, -0.15) is 4.98 Å². The van der Waals surface area contributed by atoms with E-state index in [1.54, 1.807) is 23.1 Å². The third kappa shape index (κ3) is 1.94. The molecule has 84 valence electrons. The summed E-state index contributed by atoms with van der Waals surface area (Å²) in [6.45, 7) is 0. The maximum Gasteiger partial charge on any atom is 0.265 e. The van der Waals surface area contributed by atoms with Crippen LogP contribution in [0.15, 0.2) is 22.7 Å². The van der Waals surface area contributed by atoms with Crippen LogP contribution in [0.1, 0.15) is 0 Å². The lowest BCUT2D eigenvalue weighted by Gasteiger charge is -2.03. The van der Waals surface area contributed by atoms with Crippen molar-refractivity contribution in [2.45, 2.75) is 0 Å². The molecule has 2 aromatic rings. The van der Waals surface area contributed by atoms with Gasteiger partial charge in [0, 0.05) is 24.8 Å². The van der Waals surface area contributed by atoms with Crippen LogP contribution in [0.25, 0.3) is 11.5 Å². The standard InChI is InChI=1S/C10H11ClN4O/c1-15(2)10-13-9(16-14-10)7-5-6(11)3-4-8(7)12/h3-5H,12H2,1-2H3. The molecule has 0 saturated heterocycles. The maximum atomic E-state index is 5.88. The Kier molecular flexibility index (Phi) is 2.70. The number of nitrogen functional groups attached to an aromatic ring is 1. The zero-order valence-electron chi connectivity index (χ0n) is 8.94. The third-order valence-corrected chi connectivity index (χ3v) is 2.30. The highest BCUT2D eigenvalue weighted by molar-refractivity contribution is 6.31. The molecule has 6 heteroatoms. The summed E-state index contributed by atoms with van der Waals surface area (Å²) in [5.74, 6) is 0.859. The predicted octanol–water partition coefficient (Wildman–Crippen LogP) is 2.04. The molecule has 0 saturated carbocycles. The first-order chi connectivity index (χ1) is 7.58. The molecule has 0 aliphatic rings. The number of hydrogen-bond acceptors (Lipinski definition) is 5. The summed E-state index contributed by atoms with van der Waals surface area (Å²) in [6, 6.07) is 5.12. The molecule has 2 rings (SSSR count). The number of anilines is 2. The SMILES string of the molecule is CN(C)c1noc(-c2cc(Cl)ccc2N)n1. The summed E-state index contributed by atoms with van der Waals surface area (Å²) in [4.78, 5) is 5.94. The minimum Gasteiger partial charge on any atom is -0.398 e. The van der Waals surface area contributed by atoms with Crippen LogP contribution in [0.5, 0.6) is 0 Å². The summed E-state index contributed by atoms with van der Waals surface area (Å²) >= 11 is 5.88. The van der Waals surface area contributed by atoms with Crippen molar-refractivity contribution in [1.82, 2.24) is 10.1 Å². The highest BCUT2D eigenvalue weighted by Crippen LogP contribution is 2.28. The van der Waals surface area contributed by atoms with Gasteiger partial charge in [0.2, 0.25) is 0 Å². The molecule has 0 bridgehead atoms. The maximum absolute atomic E-state index is 5.88. The second kappa shape index (κ2) is 4.02. The molecule has 0 aliphatic heterocycles. The van der Waals surface area contributed by atoms with E-state index in [0.29, 0.717) is 28.1 Å². The van der Waals surface area contributed by atoms with Crippen LogP contribution in [0.4, 0.5) is 11.6 Å². The predicted molar refractivity (Wildman–Crippen MR) is 63.5 cm³/mol. The van der Waals surface area contributed by atoms with Crippen LogP contribution in [0, 0.1) is 0 Å². The average Bonchev–Trinajstić information content (AvgIpc) is 2.70. The third-order valence-electron chi connectivity index (χ3n) is 2.06. The van der Waals surface area contributed by atoms with Crippen LogP contribution in [0.3, 0.4) is 0 Å². The molecular formula is C10H11ClN4O. The number of nitrogens with zero attached hydrogens (tertiary/aromatic N) is 3. The molecule has 0 aliphatic carbocycles. The van der Waals surface area contributed by atoms with Gasteiger partial charge >= 0.3 is 0 Å². The normalized spacial score (nSPS) is 10.4. The van der Waals surface area contributed by atoms with Crippen LogP contribution in [-0.2, 0) is 0 Å². The van der Waals surface area contributed by atoms with Crippen LogP contribution < -0.4 is 10.6 Å². The zero-order chi connectivity index (χ0) is 11.7. The molecule has 1 heterocycles. The summed E-state index contributed by atoms with van der Waals surface area (Å²) in [6.07, 6.45) is 0. The number of rotatable bonds is 2. The number of benzene rings is 1. The van der Waals surface area contributed by atoms with E-state index < -0.39 is 0 Å². The van der Waals surface area contributed by atoms with Gasteiger partial charge in [0.25, 0.3) is 11.8 Å². The number of nitrogens with two attached hydrogens (primary N) is 1. The molecular weight excluding hydrogens is 228 g/mol. The van der Waals surface area contributed by atoms with E-state index in [1.165, 1.54) is 0 Å². The largest absolute Gasteiger partial charge is 0.398 e. The molecule has 0 atom stereocenters. The van der Waals surface area contributed by atoms with E-state index in [-0.39, 0.29) is 0 Å². The fraction of sp³-hybridized carbons (Fsp3) is 0.200. The van der Waals surface area contributed by atoms with Gasteiger partial charge in [0.15, 0.2) is 0 Å². The number of halogens is 1. The first-order valence-corrected chi connectivity index (χ1v) is 5.02. The van der Waals surface area contributed by atoms with Gasteiger partial charge < -0.3 is 15.2 Å². The van der Waals surface area contributed by atoms with Gasteiger partial charge in [-0.25, -0.2) is 0 Å². The Hall–Kier alpha value is -1.75. The topological polar surface area (TPSA) is 68.2 Å². The number of hydrogen-bond donors (Lipinski definition) is 1. The van der Waals surface area contributed by atoms with Crippen molar-refractivity contribution in [3.63, 3.8) is 0 Å². The Morgan fingerprint density at radius 3 is 2.75 bits per heavy atom. The van der Waals surface area contributed by atoms with Crippen molar-refractivity contribution in [3.05, 3.63) is 23.2 Å². The summed E-state index contributed by atoms with van der Waals surface area (Å²) < 4.78 is 5.11. The second-order valence-electron chi connectivity index (χ2n) is 3.53. The molecule has 2 N–H and O–H groups in total. The van der Waals surface area contributed by atoms with Crippen molar-refractivity contribution < 1.29 is 4.52 Å². The van der Waals surface area contributed by atoms with Crippen molar-refractivity contribution in [2.75, 3.05) is 24.7 Å². The van der Waals surface area contributed by atoms with E-state index in [9.17, 15) is 0 Å². The Morgan fingerprint density at radius 2 is 2.12 bits per heavy atom. The minimum absolute atomic E-state index is 0.365. The zero-order valence-corrected chi connectivity index (χ0v) is 9.69. The highest BCUT2D eigenvalue weighted by atomic mass is 35.5. The van der Waals surface area contributed by atoms with Crippen LogP contribution in [-0.4, -0.2) is 24.2 Å². The number of aromatic nitrogens is 2. The van der Waals surface area contributed by atoms with Crippen molar-refractivity contribution >= 4 is 23.2 Å². The second-order valence-corrected chi connectivity index (χ2v) is 3.96. The van der Waals surface area contributed by atoms with Gasteiger partial charge in [-0.1, -0.05) is 11.6 Å². The lowest BCUT2D eigenvalue weighted by atomic mass is 10.2. The first-order valence-electron chi connectivity index (χ1n) is 4.64. The molecule has 0 fully saturated rings. The van der Waals surface area contributed by atoms with E-state index in [0.717, 1.165) is 0 Å². The molecule has 16 heavy (non-hydrogen) atoms. The molecule has 0 amide bonds. The Morgan fingerprint density at radius 1 is 1.38 bits per heavy atom. The highest BCUT2D eigenvalue weighted by Gasteiger charge is 2.12. The fourth-order valence-electron chi connectivity index (χ4n) is 1.22. The van der Waals surface area contributed by atoms with E-state index in [1.807, 2.05) is 14.1 Å². The minimum atomic E-state index is 0.365. The Bertz CT molecular complexity index is 509.